The maximum Gasteiger partial charge on any atom is 0.258 e. The molecule has 0 spiro atoms. The minimum absolute atomic E-state index is 0.0471. The predicted molar refractivity (Wildman–Crippen MR) is 113 cm³/mol. The first-order valence-electron chi connectivity index (χ1n) is 9.58. The van der Waals surface area contributed by atoms with Crippen LogP contribution in [0, 0.1) is 5.92 Å². The molecule has 0 aromatic heterocycles. The van der Waals surface area contributed by atoms with Crippen molar-refractivity contribution < 1.29 is 8.42 Å². The largest absolute Gasteiger partial charge is 0.367 e. The Hall–Kier alpha value is -2.54. The molecule has 7 heteroatoms. The van der Waals surface area contributed by atoms with Crippen LogP contribution in [0.2, 0.25) is 0 Å². The SMILES string of the molecule is CN1C=CC(CS(C)(=O)=O)=c2ccc3c4c([nH]c(=O)c-4c21)=CCN3CC1CC1. The normalized spacial score (nSPS) is 18.4. The van der Waals surface area contributed by atoms with Crippen LogP contribution in [0.1, 0.15) is 12.8 Å². The zero-order valence-electron chi connectivity index (χ0n) is 16.0. The highest BCUT2D eigenvalue weighted by atomic mass is 32.2. The van der Waals surface area contributed by atoms with Crippen LogP contribution in [-0.4, -0.2) is 45.5 Å². The smallest absolute Gasteiger partial charge is 0.258 e. The number of H-pyrrole nitrogens is 1. The van der Waals surface area contributed by atoms with Gasteiger partial charge in [-0.05, 0) is 42.6 Å². The summed E-state index contributed by atoms with van der Waals surface area (Å²) in [6.45, 7) is 1.77. The molecule has 1 fully saturated rings. The second kappa shape index (κ2) is 5.98. The van der Waals surface area contributed by atoms with Crippen LogP contribution in [0.4, 0.5) is 11.4 Å². The second-order valence-electron chi connectivity index (χ2n) is 8.17. The zero-order valence-corrected chi connectivity index (χ0v) is 16.8. The third kappa shape index (κ3) is 2.85. The summed E-state index contributed by atoms with van der Waals surface area (Å²) in [5, 5.41) is 1.68. The van der Waals surface area contributed by atoms with Crippen LogP contribution in [0.5, 0.6) is 0 Å². The Balaban J connectivity index is 1.84. The molecule has 0 aromatic rings. The van der Waals surface area contributed by atoms with E-state index in [0.29, 0.717) is 5.56 Å². The number of aromatic nitrogens is 1. The summed E-state index contributed by atoms with van der Waals surface area (Å²) in [6, 6.07) is 4.04. The first-order chi connectivity index (χ1) is 13.3. The fourth-order valence-corrected chi connectivity index (χ4v) is 5.16. The van der Waals surface area contributed by atoms with Gasteiger partial charge >= 0.3 is 0 Å². The lowest BCUT2D eigenvalue weighted by molar-refractivity contribution is 0.605. The van der Waals surface area contributed by atoms with Crippen molar-refractivity contribution in [1.29, 1.82) is 0 Å². The Morgan fingerprint density at radius 1 is 1.21 bits per heavy atom. The number of anilines is 2. The Labute approximate surface area is 163 Å². The Bertz CT molecular complexity index is 1270. The van der Waals surface area contributed by atoms with E-state index < -0.39 is 9.84 Å². The molecule has 1 saturated carbocycles. The molecule has 2 aliphatic carbocycles. The zero-order chi connectivity index (χ0) is 19.6. The van der Waals surface area contributed by atoms with E-state index in [1.807, 2.05) is 30.3 Å². The summed E-state index contributed by atoms with van der Waals surface area (Å²) < 4.78 is 23.9. The van der Waals surface area contributed by atoms with Crippen molar-refractivity contribution in [3.05, 3.63) is 45.3 Å². The first kappa shape index (κ1) is 17.6. The molecule has 5 aliphatic rings. The van der Waals surface area contributed by atoms with E-state index >= 15 is 0 Å². The average molecular weight is 398 g/mol. The van der Waals surface area contributed by atoms with Gasteiger partial charge in [-0.25, -0.2) is 8.42 Å². The predicted octanol–water partition coefficient (Wildman–Crippen LogP) is 0.649. The van der Waals surface area contributed by atoms with E-state index in [2.05, 4.69) is 22.0 Å². The molecule has 0 amide bonds. The van der Waals surface area contributed by atoms with Crippen molar-refractivity contribution in [3.8, 4) is 11.1 Å². The lowest BCUT2D eigenvalue weighted by Gasteiger charge is -2.27. The fourth-order valence-electron chi connectivity index (χ4n) is 4.35. The molecule has 0 aromatic carbocycles. The molecular formula is C21H23N3O3S. The van der Waals surface area contributed by atoms with Gasteiger partial charge in [0.15, 0.2) is 9.84 Å². The minimum atomic E-state index is -3.20. The molecule has 3 heterocycles. The van der Waals surface area contributed by atoms with Crippen LogP contribution in [0.3, 0.4) is 0 Å². The van der Waals surface area contributed by atoms with E-state index in [4.69, 9.17) is 0 Å². The lowest BCUT2D eigenvalue weighted by atomic mass is 10.0. The van der Waals surface area contributed by atoms with E-state index in [-0.39, 0.29) is 11.3 Å². The van der Waals surface area contributed by atoms with Gasteiger partial charge in [0.25, 0.3) is 5.56 Å². The average Bonchev–Trinajstić information content (AvgIpc) is 3.38. The first-order valence-corrected chi connectivity index (χ1v) is 11.6. The lowest BCUT2D eigenvalue weighted by Crippen LogP contribution is -2.31. The van der Waals surface area contributed by atoms with Crippen LogP contribution in [0.25, 0.3) is 22.8 Å². The summed E-state index contributed by atoms with van der Waals surface area (Å²) in [5.74, 6) is 0.682. The van der Waals surface area contributed by atoms with Gasteiger partial charge in [-0.1, -0.05) is 6.07 Å². The van der Waals surface area contributed by atoms with Gasteiger partial charge in [0, 0.05) is 54.4 Å². The highest BCUT2D eigenvalue weighted by Gasteiger charge is 2.30. The van der Waals surface area contributed by atoms with E-state index in [9.17, 15) is 13.2 Å². The highest BCUT2D eigenvalue weighted by molar-refractivity contribution is 7.91. The molecule has 0 saturated heterocycles. The topological polar surface area (TPSA) is 73.5 Å². The quantitative estimate of drug-likeness (QED) is 0.820. The van der Waals surface area contributed by atoms with E-state index in [1.165, 1.54) is 19.1 Å². The van der Waals surface area contributed by atoms with E-state index in [1.54, 1.807) is 0 Å². The summed E-state index contributed by atoms with van der Waals surface area (Å²) in [6.07, 6.45) is 9.53. The molecule has 6 nitrogen and oxygen atoms in total. The van der Waals surface area contributed by atoms with Gasteiger partial charge in [0.2, 0.25) is 0 Å². The molecule has 0 radical (unpaired) electrons. The summed E-state index contributed by atoms with van der Waals surface area (Å²) in [5.41, 5.74) is 4.01. The molecule has 28 heavy (non-hydrogen) atoms. The molecule has 3 aliphatic heterocycles. The molecular weight excluding hydrogens is 374 g/mol. The van der Waals surface area contributed by atoms with Crippen molar-refractivity contribution in [2.24, 2.45) is 5.92 Å². The number of hydrogen-bond acceptors (Lipinski definition) is 5. The fraction of sp³-hybridized carbons (Fsp3) is 0.381. The molecule has 0 atom stereocenters. The van der Waals surface area contributed by atoms with Gasteiger partial charge in [0.05, 0.1) is 17.0 Å². The number of hydrogen-bond donors (Lipinski definition) is 1. The maximum absolute atomic E-state index is 13.0. The molecule has 1 N–H and O–H groups in total. The molecule has 0 unspecified atom stereocenters. The monoisotopic (exact) mass is 397 g/mol. The van der Waals surface area contributed by atoms with Gasteiger partial charge in [-0.2, -0.15) is 0 Å². The van der Waals surface area contributed by atoms with Gasteiger partial charge < -0.3 is 14.8 Å². The van der Waals surface area contributed by atoms with Crippen molar-refractivity contribution in [2.75, 3.05) is 41.9 Å². The third-order valence-corrected chi connectivity index (χ3v) is 6.63. The van der Waals surface area contributed by atoms with Crippen LogP contribution >= 0.6 is 0 Å². The van der Waals surface area contributed by atoms with E-state index in [0.717, 1.165) is 52.1 Å². The van der Waals surface area contributed by atoms with Crippen molar-refractivity contribution >= 4 is 32.9 Å². The number of fused-ring (bicyclic) bond motifs is 2. The maximum atomic E-state index is 13.0. The summed E-state index contributed by atoms with van der Waals surface area (Å²) in [4.78, 5) is 20.2. The van der Waals surface area contributed by atoms with Gasteiger partial charge in [-0.3, -0.25) is 4.79 Å². The minimum Gasteiger partial charge on any atom is -0.367 e. The number of sulfone groups is 1. The Kier molecular flexibility index (Phi) is 3.75. The number of nitrogens with one attached hydrogen (secondary N) is 1. The third-order valence-electron chi connectivity index (χ3n) is 5.80. The second-order valence-corrected chi connectivity index (χ2v) is 10.3. The van der Waals surface area contributed by atoms with Gasteiger partial charge in [-0.15, -0.1) is 0 Å². The van der Waals surface area contributed by atoms with Crippen molar-refractivity contribution in [3.63, 3.8) is 0 Å². The van der Waals surface area contributed by atoms with Crippen molar-refractivity contribution in [1.82, 2.24) is 4.98 Å². The summed E-state index contributed by atoms with van der Waals surface area (Å²) >= 11 is 0. The summed E-state index contributed by atoms with van der Waals surface area (Å²) in [7, 11) is -1.30. The van der Waals surface area contributed by atoms with Crippen LogP contribution in [0.15, 0.2) is 29.2 Å². The van der Waals surface area contributed by atoms with Crippen molar-refractivity contribution in [2.45, 2.75) is 12.8 Å². The molecule has 146 valence electrons. The standard InChI is InChI=1S/C21H23N3O3S/c1-23-9-7-14(12-28(2,26)27)15-5-6-17-18-16(22-21(25)19(18)20(15)23)8-10-24(17)11-13-3-4-13/h5-9,13H,3-4,10-12H2,1-2H3,(H,22,25). The highest BCUT2D eigenvalue weighted by Crippen LogP contribution is 2.37. The number of allylic oxidation sites excluding steroid dienone is 1. The van der Waals surface area contributed by atoms with Crippen LogP contribution in [-0.2, 0) is 9.84 Å². The Morgan fingerprint density at radius 3 is 2.71 bits per heavy atom. The van der Waals surface area contributed by atoms with Gasteiger partial charge in [0.1, 0.15) is 0 Å². The number of rotatable bonds is 4. The molecule has 0 bridgehead atoms. The Morgan fingerprint density at radius 2 is 2.00 bits per heavy atom. The number of nitrogens with zero attached hydrogens (tertiary/aromatic N) is 2. The molecule has 5 rings (SSSR count). The van der Waals surface area contributed by atoms with Crippen LogP contribution < -0.4 is 25.9 Å². The number of aromatic amines is 1.